The summed E-state index contributed by atoms with van der Waals surface area (Å²) in [6, 6.07) is 12.9. The Hall–Kier alpha value is -0.690. The molecule has 0 spiro atoms. The van der Waals surface area contributed by atoms with Gasteiger partial charge in [0.1, 0.15) is 0 Å². The zero-order chi connectivity index (χ0) is 15.5. The molecule has 0 aliphatic carbocycles. The summed E-state index contributed by atoms with van der Waals surface area (Å²) in [7, 11) is -3.56. The van der Waals surface area contributed by atoms with E-state index in [1.165, 1.54) is 0 Å². The van der Waals surface area contributed by atoms with Gasteiger partial charge in [0, 0.05) is 15.5 Å². The highest BCUT2D eigenvalue weighted by molar-refractivity contribution is 9.11. The number of aryl methyl sites for hydroxylation is 1. The number of rotatable bonds is 5. The first-order valence-corrected chi connectivity index (χ1v) is 9.52. The van der Waals surface area contributed by atoms with Gasteiger partial charge in [-0.1, -0.05) is 47.1 Å². The van der Waals surface area contributed by atoms with Crippen LogP contribution in [0, 0.1) is 0 Å². The van der Waals surface area contributed by atoms with Crippen LogP contribution in [-0.4, -0.2) is 8.42 Å². The van der Waals surface area contributed by atoms with Gasteiger partial charge in [-0.25, -0.2) is 13.1 Å². The molecule has 0 fully saturated rings. The van der Waals surface area contributed by atoms with Crippen molar-refractivity contribution in [3.8, 4) is 0 Å². The first kappa shape index (κ1) is 16.7. The molecule has 0 unspecified atom stereocenters. The lowest BCUT2D eigenvalue weighted by Crippen LogP contribution is -2.24. The Labute approximate surface area is 142 Å². The van der Waals surface area contributed by atoms with Crippen molar-refractivity contribution in [2.45, 2.75) is 24.8 Å². The molecular weight excluding hydrogens is 418 g/mol. The second-order valence-electron chi connectivity index (χ2n) is 4.52. The Morgan fingerprint density at radius 1 is 1.05 bits per heavy atom. The van der Waals surface area contributed by atoms with E-state index < -0.39 is 10.0 Å². The Morgan fingerprint density at radius 2 is 1.71 bits per heavy atom. The predicted molar refractivity (Wildman–Crippen MR) is 91.7 cm³/mol. The molecule has 0 aromatic heterocycles. The van der Waals surface area contributed by atoms with Crippen LogP contribution in [0.1, 0.15) is 18.1 Å². The fourth-order valence-electron chi connectivity index (χ4n) is 2.01. The van der Waals surface area contributed by atoms with Crippen molar-refractivity contribution in [2.24, 2.45) is 0 Å². The maximum Gasteiger partial charge on any atom is 0.242 e. The lowest BCUT2D eigenvalue weighted by atomic mass is 10.1. The van der Waals surface area contributed by atoms with Gasteiger partial charge in [0.2, 0.25) is 10.0 Å². The summed E-state index contributed by atoms with van der Waals surface area (Å²) in [4.78, 5) is 0.228. The second kappa shape index (κ2) is 7.05. The summed E-state index contributed by atoms with van der Waals surface area (Å²) in [5, 5.41) is 0. The SMILES string of the molecule is CCc1ccccc1CNS(=O)(=O)c1cc(Br)ccc1Br. The minimum atomic E-state index is -3.56. The lowest BCUT2D eigenvalue weighted by molar-refractivity contribution is 0.580. The molecule has 0 atom stereocenters. The second-order valence-corrected chi connectivity index (χ2v) is 8.03. The van der Waals surface area contributed by atoms with E-state index in [4.69, 9.17) is 0 Å². The molecule has 3 nitrogen and oxygen atoms in total. The van der Waals surface area contributed by atoms with Crippen molar-refractivity contribution in [1.29, 1.82) is 0 Å². The van der Waals surface area contributed by atoms with Crippen molar-refractivity contribution in [1.82, 2.24) is 4.72 Å². The van der Waals surface area contributed by atoms with Gasteiger partial charge in [-0.2, -0.15) is 0 Å². The third kappa shape index (κ3) is 4.16. The highest BCUT2D eigenvalue weighted by Gasteiger charge is 2.18. The molecule has 0 aliphatic rings. The van der Waals surface area contributed by atoms with Crippen molar-refractivity contribution in [2.75, 3.05) is 0 Å². The standard InChI is InChI=1S/C15H15Br2NO2S/c1-2-11-5-3-4-6-12(11)10-18-21(19,20)15-9-13(16)7-8-14(15)17/h3-9,18H,2,10H2,1H3. The van der Waals surface area contributed by atoms with Gasteiger partial charge >= 0.3 is 0 Å². The van der Waals surface area contributed by atoms with Crippen LogP contribution in [0.2, 0.25) is 0 Å². The van der Waals surface area contributed by atoms with Crippen molar-refractivity contribution < 1.29 is 8.42 Å². The minimum Gasteiger partial charge on any atom is -0.207 e. The first-order chi connectivity index (χ1) is 9.94. The van der Waals surface area contributed by atoms with Gasteiger partial charge in [0.05, 0.1) is 4.90 Å². The van der Waals surface area contributed by atoms with Gasteiger partial charge in [-0.3, -0.25) is 0 Å². The molecule has 21 heavy (non-hydrogen) atoms. The lowest BCUT2D eigenvalue weighted by Gasteiger charge is -2.11. The maximum absolute atomic E-state index is 12.4. The fourth-order valence-corrected chi connectivity index (χ4v) is 4.51. The largest absolute Gasteiger partial charge is 0.242 e. The Morgan fingerprint density at radius 3 is 2.38 bits per heavy atom. The van der Waals surface area contributed by atoms with Gasteiger partial charge < -0.3 is 0 Å². The smallest absolute Gasteiger partial charge is 0.207 e. The molecular formula is C15H15Br2NO2S. The molecule has 0 heterocycles. The highest BCUT2D eigenvalue weighted by atomic mass is 79.9. The van der Waals surface area contributed by atoms with Crippen LogP contribution in [0.4, 0.5) is 0 Å². The number of hydrogen-bond acceptors (Lipinski definition) is 2. The Balaban J connectivity index is 2.24. The Bertz CT molecular complexity index is 745. The van der Waals surface area contributed by atoms with E-state index in [1.54, 1.807) is 18.2 Å². The molecule has 2 rings (SSSR count). The Kier molecular flexibility index (Phi) is 5.60. The number of sulfonamides is 1. The minimum absolute atomic E-state index is 0.228. The number of hydrogen-bond donors (Lipinski definition) is 1. The van der Waals surface area contributed by atoms with Crippen LogP contribution in [-0.2, 0) is 23.0 Å². The van der Waals surface area contributed by atoms with E-state index in [0.29, 0.717) is 4.47 Å². The molecule has 0 bridgehead atoms. The third-order valence-corrected chi connectivity index (χ3v) is 6.02. The van der Waals surface area contributed by atoms with E-state index in [1.807, 2.05) is 24.3 Å². The summed E-state index contributed by atoms with van der Waals surface area (Å²) < 4.78 is 28.8. The van der Waals surface area contributed by atoms with E-state index in [0.717, 1.165) is 22.0 Å². The first-order valence-electron chi connectivity index (χ1n) is 6.45. The van der Waals surface area contributed by atoms with Crippen molar-refractivity contribution in [3.63, 3.8) is 0 Å². The zero-order valence-corrected chi connectivity index (χ0v) is 15.4. The predicted octanol–water partition coefficient (Wildman–Crippen LogP) is 4.25. The molecule has 6 heteroatoms. The van der Waals surface area contributed by atoms with Crippen LogP contribution in [0.15, 0.2) is 56.3 Å². The number of benzene rings is 2. The zero-order valence-electron chi connectivity index (χ0n) is 11.4. The summed E-state index contributed by atoms with van der Waals surface area (Å²) in [6.07, 6.45) is 0.873. The molecule has 2 aromatic carbocycles. The monoisotopic (exact) mass is 431 g/mol. The summed E-state index contributed by atoms with van der Waals surface area (Å²) in [6.45, 7) is 2.34. The topological polar surface area (TPSA) is 46.2 Å². The van der Waals surface area contributed by atoms with Crippen LogP contribution in [0.25, 0.3) is 0 Å². The quantitative estimate of drug-likeness (QED) is 0.767. The molecule has 0 saturated heterocycles. The van der Waals surface area contributed by atoms with Crippen molar-refractivity contribution >= 4 is 41.9 Å². The molecule has 1 N–H and O–H groups in total. The molecule has 0 amide bonds. The molecule has 0 aliphatic heterocycles. The summed E-state index contributed by atoms with van der Waals surface area (Å²) in [5.41, 5.74) is 2.14. The van der Waals surface area contributed by atoms with Crippen molar-refractivity contribution in [3.05, 3.63) is 62.5 Å². The van der Waals surface area contributed by atoms with Crippen LogP contribution in [0.5, 0.6) is 0 Å². The normalized spacial score (nSPS) is 11.6. The maximum atomic E-state index is 12.4. The number of nitrogens with one attached hydrogen (secondary N) is 1. The van der Waals surface area contributed by atoms with Crippen LogP contribution >= 0.6 is 31.9 Å². The molecule has 112 valence electrons. The van der Waals surface area contributed by atoms with Gasteiger partial charge in [0.15, 0.2) is 0 Å². The highest BCUT2D eigenvalue weighted by Crippen LogP contribution is 2.25. The third-order valence-electron chi connectivity index (χ3n) is 3.13. The fraction of sp³-hybridized carbons (Fsp3) is 0.200. The van der Waals surface area contributed by atoms with Gasteiger partial charge in [0.25, 0.3) is 0 Å². The van der Waals surface area contributed by atoms with E-state index in [2.05, 4.69) is 43.5 Å². The summed E-state index contributed by atoms with van der Waals surface area (Å²) >= 11 is 6.58. The van der Waals surface area contributed by atoms with Crippen LogP contribution in [0.3, 0.4) is 0 Å². The molecule has 2 aromatic rings. The average molecular weight is 433 g/mol. The summed E-state index contributed by atoms with van der Waals surface area (Å²) in [5.74, 6) is 0. The molecule has 0 saturated carbocycles. The van der Waals surface area contributed by atoms with E-state index >= 15 is 0 Å². The van der Waals surface area contributed by atoms with E-state index in [9.17, 15) is 8.42 Å². The van der Waals surface area contributed by atoms with Gasteiger partial charge in [-0.05, 0) is 51.7 Å². The van der Waals surface area contributed by atoms with Crippen LogP contribution < -0.4 is 4.72 Å². The molecule has 0 radical (unpaired) electrons. The number of halogens is 2. The average Bonchev–Trinajstić information content (AvgIpc) is 2.48. The van der Waals surface area contributed by atoms with Gasteiger partial charge in [-0.15, -0.1) is 0 Å². The van der Waals surface area contributed by atoms with E-state index in [-0.39, 0.29) is 11.4 Å².